The molecule has 23 heavy (non-hydrogen) atoms. The molecule has 1 aliphatic heterocycles. The molecular formula is C17H24N2O4. The molecule has 1 N–H and O–H groups in total. The monoisotopic (exact) mass is 320 g/mol. The van der Waals surface area contributed by atoms with Gasteiger partial charge < -0.3 is 14.7 Å². The molecule has 0 aromatic heterocycles. The summed E-state index contributed by atoms with van der Waals surface area (Å²) in [5.41, 5.74) is 1.59. The normalized spacial score (nSPS) is 16.9. The molecule has 0 spiro atoms. The lowest BCUT2D eigenvalue weighted by Crippen LogP contribution is -2.53. The summed E-state index contributed by atoms with van der Waals surface area (Å²) in [5, 5.41) is 9.23. The average molecular weight is 320 g/mol. The van der Waals surface area contributed by atoms with Gasteiger partial charge in [0.15, 0.2) is 0 Å². The number of hydrogen-bond donors (Lipinski definition) is 1. The van der Waals surface area contributed by atoms with Gasteiger partial charge in [-0.2, -0.15) is 0 Å². The number of carboxylic acids is 1. The molecule has 1 fully saturated rings. The number of benzene rings is 1. The van der Waals surface area contributed by atoms with E-state index in [1.165, 1.54) is 0 Å². The lowest BCUT2D eigenvalue weighted by atomic mass is 10.1. The minimum absolute atomic E-state index is 0.0358. The fraction of sp³-hybridized carbons (Fsp3) is 0.529. The van der Waals surface area contributed by atoms with Gasteiger partial charge in [0, 0.05) is 31.7 Å². The molecule has 1 atom stereocenters. The topological polar surface area (TPSA) is 70.1 Å². The van der Waals surface area contributed by atoms with Gasteiger partial charge in [0.05, 0.1) is 7.11 Å². The Labute approximate surface area is 136 Å². The highest BCUT2D eigenvalue weighted by molar-refractivity contribution is 5.94. The molecule has 0 radical (unpaired) electrons. The molecule has 1 saturated heterocycles. The predicted molar refractivity (Wildman–Crippen MR) is 86.9 cm³/mol. The number of ether oxygens (including phenoxy) is 1. The van der Waals surface area contributed by atoms with Crippen molar-refractivity contribution in [2.75, 3.05) is 33.3 Å². The molecule has 6 heteroatoms. The Bertz CT molecular complexity index is 580. The van der Waals surface area contributed by atoms with Crippen LogP contribution in [-0.2, 0) is 4.79 Å². The second-order valence-electron chi connectivity index (χ2n) is 5.77. The summed E-state index contributed by atoms with van der Waals surface area (Å²) in [6.45, 7) is 6.05. The lowest BCUT2D eigenvalue weighted by molar-refractivity contribution is -0.144. The maximum absolute atomic E-state index is 12.6. The van der Waals surface area contributed by atoms with Crippen LogP contribution in [0, 0.1) is 6.92 Å². The Morgan fingerprint density at radius 2 is 1.91 bits per heavy atom. The van der Waals surface area contributed by atoms with Gasteiger partial charge in [-0.15, -0.1) is 0 Å². The fourth-order valence-corrected chi connectivity index (χ4v) is 2.96. The van der Waals surface area contributed by atoms with E-state index in [0.29, 0.717) is 43.9 Å². The van der Waals surface area contributed by atoms with E-state index >= 15 is 0 Å². The summed E-state index contributed by atoms with van der Waals surface area (Å²) >= 11 is 0. The van der Waals surface area contributed by atoms with Crippen LogP contribution >= 0.6 is 0 Å². The van der Waals surface area contributed by atoms with Gasteiger partial charge in [-0.25, -0.2) is 0 Å². The summed E-state index contributed by atoms with van der Waals surface area (Å²) in [4.78, 5) is 27.5. The van der Waals surface area contributed by atoms with Crippen molar-refractivity contribution < 1.29 is 19.4 Å². The zero-order chi connectivity index (χ0) is 17.0. The molecule has 2 rings (SSSR count). The predicted octanol–water partition coefficient (Wildman–Crippen LogP) is 1.62. The number of aryl methyl sites for hydroxylation is 1. The summed E-state index contributed by atoms with van der Waals surface area (Å²) in [6.07, 6.45) is 0.568. The van der Waals surface area contributed by atoms with Crippen molar-refractivity contribution in [2.24, 2.45) is 0 Å². The molecule has 1 aliphatic rings. The quantitative estimate of drug-likeness (QED) is 0.893. The Balaban J connectivity index is 2.02. The largest absolute Gasteiger partial charge is 0.496 e. The first-order chi connectivity index (χ1) is 11.0. The van der Waals surface area contributed by atoms with Crippen LogP contribution in [0.5, 0.6) is 5.75 Å². The minimum Gasteiger partial charge on any atom is -0.496 e. The van der Waals surface area contributed by atoms with Gasteiger partial charge in [0.25, 0.3) is 5.91 Å². The summed E-state index contributed by atoms with van der Waals surface area (Å²) < 4.78 is 5.27. The van der Waals surface area contributed by atoms with Crippen molar-refractivity contribution in [3.8, 4) is 5.75 Å². The lowest BCUT2D eigenvalue weighted by Gasteiger charge is -2.37. The summed E-state index contributed by atoms with van der Waals surface area (Å²) in [7, 11) is 1.59. The van der Waals surface area contributed by atoms with E-state index < -0.39 is 12.0 Å². The van der Waals surface area contributed by atoms with Crippen LogP contribution in [0.4, 0.5) is 0 Å². The van der Waals surface area contributed by atoms with Crippen LogP contribution in [0.25, 0.3) is 0 Å². The van der Waals surface area contributed by atoms with Gasteiger partial charge in [0.2, 0.25) is 0 Å². The molecule has 0 saturated carbocycles. The summed E-state index contributed by atoms with van der Waals surface area (Å²) in [6, 6.07) is 4.97. The zero-order valence-electron chi connectivity index (χ0n) is 13.9. The second-order valence-corrected chi connectivity index (χ2v) is 5.77. The van der Waals surface area contributed by atoms with E-state index in [9.17, 15) is 14.7 Å². The highest BCUT2D eigenvalue weighted by Gasteiger charge is 2.29. The van der Waals surface area contributed by atoms with Crippen LogP contribution in [0.15, 0.2) is 18.2 Å². The number of aliphatic carboxylic acids is 1. The van der Waals surface area contributed by atoms with Crippen molar-refractivity contribution in [1.82, 2.24) is 9.80 Å². The first-order valence-electron chi connectivity index (χ1n) is 7.88. The molecule has 0 aliphatic carbocycles. The highest BCUT2D eigenvalue weighted by Crippen LogP contribution is 2.21. The standard InChI is InChI=1S/C17H24N2O4/c1-4-14(17(21)22)18-7-9-19(10-8-18)16(20)13-6-5-12(2)15(11-13)23-3/h5-6,11,14H,4,7-10H2,1-3H3,(H,21,22)/t14-/m1/s1. The fourth-order valence-electron chi connectivity index (χ4n) is 2.96. The molecule has 1 aromatic carbocycles. The maximum Gasteiger partial charge on any atom is 0.320 e. The third kappa shape index (κ3) is 3.82. The van der Waals surface area contributed by atoms with Crippen molar-refractivity contribution >= 4 is 11.9 Å². The number of rotatable bonds is 5. The van der Waals surface area contributed by atoms with Crippen LogP contribution in [0.2, 0.25) is 0 Å². The molecule has 1 heterocycles. The van der Waals surface area contributed by atoms with Gasteiger partial charge in [0.1, 0.15) is 11.8 Å². The van der Waals surface area contributed by atoms with E-state index in [0.717, 1.165) is 5.56 Å². The van der Waals surface area contributed by atoms with E-state index in [1.807, 2.05) is 24.8 Å². The Morgan fingerprint density at radius 3 is 2.43 bits per heavy atom. The third-order valence-electron chi connectivity index (χ3n) is 4.37. The number of nitrogens with zero attached hydrogens (tertiary/aromatic N) is 2. The summed E-state index contributed by atoms with van der Waals surface area (Å²) in [5.74, 6) is -0.131. The SMILES string of the molecule is CC[C@H](C(=O)O)N1CCN(C(=O)c2ccc(C)c(OC)c2)CC1. The number of methoxy groups -OCH3 is 1. The van der Waals surface area contributed by atoms with Crippen molar-refractivity contribution in [3.63, 3.8) is 0 Å². The number of carbonyl (C=O) groups excluding carboxylic acids is 1. The highest BCUT2D eigenvalue weighted by atomic mass is 16.5. The van der Waals surface area contributed by atoms with Crippen LogP contribution in [0.3, 0.4) is 0 Å². The number of piperazine rings is 1. The Hall–Kier alpha value is -2.08. The zero-order valence-corrected chi connectivity index (χ0v) is 13.9. The molecule has 0 bridgehead atoms. The molecule has 0 unspecified atom stereocenters. The van der Waals surface area contributed by atoms with E-state index in [1.54, 1.807) is 24.1 Å². The molecule has 6 nitrogen and oxygen atoms in total. The number of hydrogen-bond acceptors (Lipinski definition) is 4. The van der Waals surface area contributed by atoms with Crippen molar-refractivity contribution in [2.45, 2.75) is 26.3 Å². The molecule has 126 valence electrons. The first kappa shape index (κ1) is 17.3. The van der Waals surface area contributed by atoms with E-state index in [4.69, 9.17) is 4.74 Å². The Morgan fingerprint density at radius 1 is 1.26 bits per heavy atom. The van der Waals surface area contributed by atoms with Crippen LogP contribution in [-0.4, -0.2) is 66.1 Å². The number of carbonyl (C=O) groups is 2. The van der Waals surface area contributed by atoms with E-state index in [2.05, 4.69) is 0 Å². The smallest absolute Gasteiger partial charge is 0.320 e. The van der Waals surface area contributed by atoms with Gasteiger partial charge >= 0.3 is 5.97 Å². The second kappa shape index (κ2) is 7.46. The molecular weight excluding hydrogens is 296 g/mol. The van der Waals surface area contributed by atoms with Crippen LogP contribution in [0.1, 0.15) is 29.3 Å². The van der Waals surface area contributed by atoms with Gasteiger partial charge in [-0.05, 0) is 31.0 Å². The number of amides is 1. The van der Waals surface area contributed by atoms with Gasteiger partial charge in [-0.1, -0.05) is 13.0 Å². The van der Waals surface area contributed by atoms with Crippen LogP contribution < -0.4 is 4.74 Å². The molecule has 1 aromatic rings. The minimum atomic E-state index is -0.796. The average Bonchev–Trinajstić information content (AvgIpc) is 2.55. The third-order valence-corrected chi connectivity index (χ3v) is 4.37. The Kier molecular flexibility index (Phi) is 5.60. The van der Waals surface area contributed by atoms with Crippen molar-refractivity contribution in [3.05, 3.63) is 29.3 Å². The first-order valence-corrected chi connectivity index (χ1v) is 7.88. The van der Waals surface area contributed by atoms with E-state index in [-0.39, 0.29) is 5.91 Å². The maximum atomic E-state index is 12.6. The van der Waals surface area contributed by atoms with Gasteiger partial charge in [-0.3, -0.25) is 14.5 Å². The molecule has 1 amide bonds. The number of carboxylic acid groups (broad SMARTS) is 1. The van der Waals surface area contributed by atoms with Crippen molar-refractivity contribution in [1.29, 1.82) is 0 Å².